The summed E-state index contributed by atoms with van der Waals surface area (Å²) in [6.07, 6.45) is 11.4. The Hall–Kier alpha value is -0.370. The van der Waals surface area contributed by atoms with Crippen LogP contribution in [-0.2, 0) is 9.53 Å². The largest absolute Gasteiger partial charge is 0.370 e. The first kappa shape index (κ1) is 14.0. The number of methoxy groups -OCH3 is 1. The van der Waals surface area contributed by atoms with Gasteiger partial charge in [0.25, 0.3) is 0 Å². The molecule has 2 heteroatoms. The van der Waals surface area contributed by atoms with Crippen molar-refractivity contribution < 1.29 is 9.53 Å². The average Bonchev–Trinajstić information content (AvgIpc) is 2.90. The highest BCUT2D eigenvalue weighted by Gasteiger charge is 2.40. The van der Waals surface area contributed by atoms with Gasteiger partial charge in [-0.15, -0.1) is 0 Å². The zero-order chi connectivity index (χ0) is 13.0. The molecule has 0 N–H and O–H groups in total. The smallest absolute Gasteiger partial charge is 0.164 e. The molecule has 0 bridgehead atoms. The van der Waals surface area contributed by atoms with Crippen LogP contribution in [0.2, 0.25) is 0 Å². The summed E-state index contributed by atoms with van der Waals surface area (Å²) in [5.74, 6) is 1.95. The maximum Gasteiger partial charge on any atom is 0.164 e. The average molecular weight is 252 g/mol. The molecule has 0 saturated heterocycles. The van der Waals surface area contributed by atoms with E-state index in [-0.39, 0.29) is 0 Å². The quantitative estimate of drug-likeness (QED) is 0.735. The summed E-state index contributed by atoms with van der Waals surface area (Å²) in [5.41, 5.74) is -0.425. The van der Waals surface area contributed by atoms with Gasteiger partial charge in [0.1, 0.15) is 5.60 Å². The summed E-state index contributed by atoms with van der Waals surface area (Å²) in [6.45, 7) is 2.28. The minimum absolute atomic E-state index is 0.379. The summed E-state index contributed by atoms with van der Waals surface area (Å²) < 4.78 is 5.65. The van der Waals surface area contributed by atoms with Gasteiger partial charge in [0, 0.05) is 13.5 Å². The van der Waals surface area contributed by atoms with Gasteiger partial charge in [0.05, 0.1) is 0 Å². The Morgan fingerprint density at radius 1 is 1.17 bits per heavy atom. The molecular weight excluding hydrogens is 224 g/mol. The molecular formula is C16H28O2. The molecule has 2 aliphatic rings. The van der Waals surface area contributed by atoms with E-state index in [1.54, 1.807) is 7.11 Å². The molecule has 18 heavy (non-hydrogen) atoms. The fourth-order valence-electron chi connectivity index (χ4n) is 3.69. The van der Waals surface area contributed by atoms with E-state index in [4.69, 9.17) is 4.74 Å². The molecule has 2 fully saturated rings. The van der Waals surface area contributed by atoms with E-state index in [1.807, 2.05) is 0 Å². The van der Waals surface area contributed by atoms with Crippen LogP contribution in [0.1, 0.15) is 71.1 Å². The van der Waals surface area contributed by atoms with Crippen LogP contribution >= 0.6 is 0 Å². The molecule has 2 saturated carbocycles. The van der Waals surface area contributed by atoms with E-state index in [0.29, 0.717) is 5.78 Å². The van der Waals surface area contributed by atoms with Crippen molar-refractivity contribution in [3.05, 3.63) is 0 Å². The van der Waals surface area contributed by atoms with Crippen LogP contribution < -0.4 is 0 Å². The minimum atomic E-state index is -0.425. The Kier molecular flexibility index (Phi) is 4.83. The molecule has 104 valence electrons. The normalized spacial score (nSPS) is 33.8. The van der Waals surface area contributed by atoms with Gasteiger partial charge in [0.15, 0.2) is 5.78 Å². The summed E-state index contributed by atoms with van der Waals surface area (Å²) in [7, 11) is 1.73. The van der Waals surface area contributed by atoms with E-state index < -0.39 is 5.60 Å². The number of Topliss-reactive ketones (excluding diaryl/α,β-unsaturated/α-hetero) is 1. The second kappa shape index (κ2) is 6.18. The van der Waals surface area contributed by atoms with Crippen molar-refractivity contribution in [1.82, 2.24) is 0 Å². The van der Waals surface area contributed by atoms with Gasteiger partial charge >= 0.3 is 0 Å². The van der Waals surface area contributed by atoms with Crippen molar-refractivity contribution in [3.63, 3.8) is 0 Å². The number of hydrogen-bond acceptors (Lipinski definition) is 2. The molecule has 0 aromatic carbocycles. The highest BCUT2D eigenvalue weighted by atomic mass is 16.5. The fraction of sp³-hybridized carbons (Fsp3) is 0.938. The van der Waals surface area contributed by atoms with E-state index in [1.165, 1.54) is 25.7 Å². The lowest BCUT2D eigenvalue weighted by molar-refractivity contribution is -0.146. The van der Waals surface area contributed by atoms with E-state index in [2.05, 4.69) is 6.92 Å². The lowest BCUT2D eigenvalue weighted by atomic mass is 9.75. The predicted octanol–water partition coefficient (Wildman–Crippen LogP) is 4.12. The van der Waals surface area contributed by atoms with Crippen molar-refractivity contribution in [3.8, 4) is 0 Å². The van der Waals surface area contributed by atoms with Crippen molar-refractivity contribution in [2.45, 2.75) is 76.7 Å². The van der Waals surface area contributed by atoms with Gasteiger partial charge in [-0.05, 0) is 43.9 Å². The summed E-state index contributed by atoms with van der Waals surface area (Å²) >= 11 is 0. The first-order chi connectivity index (χ1) is 8.66. The number of rotatable bonds is 5. The second-order valence-corrected chi connectivity index (χ2v) is 6.49. The third kappa shape index (κ3) is 3.14. The van der Waals surface area contributed by atoms with Gasteiger partial charge in [-0.1, -0.05) is 32.6 Å². The number of ketones is 1. The Bertz CT molecular complexity index is 271. The van der Waals surface area contributed by atoms with Crippen LogP contribution in [0.3, 0.4) is 0 Å². The molecule has 0 spiro atoms. The lowest BCUT2D eigenvalue weighted by Gasteiger charge is -2.37. The van der Waals surface area contributed by atoms with Gasteiger partial charge in [-0.25, -0.2) is 0 Å². The van der Waals surface area contributed by atoms with Crippen LogP contribution in [0.5, 0.6) is 0 Å². The zero-order valence-corrected chi connectivity index (χ0v) is 12.0. The standard InChI is InChI=1S/C16H28O2/c1-13-9-11-16(18-2,12-10-13)15(17)8-7-14-5-3-4-6-14/h13-14H,3-12H2,1-2H3. The molecule has 0 aromatic heterocycles. The molecule has 0 aliphatic heterocycles. The molecule has 2 nitrogen and oxygen atoms in total. The first-order valence-electron chi connectivity index (χ1n) is 7.75. The minimum Gasteiger partial charge on any atom is -0.370 e. The number of hydrogen-bond donors (Lipinski definition) is 0. The molecule has 2 rings (SSSR count). The Morgan fingerprint density at radius 3 is 2.33 bits per heavy atom. The van der Waals surface area contributed by atoms with Crippen LogP contribution in [-0.4, -0.2) is 18.5 Å². The predicted molar refractivity (Wildman–Crippen MR) is 73.6 cm³/mol. The van der Waals surface area contributed by atoms with E-state index >= 15 is 0 Å². The van der Waals surface area contributed by atoms with E-state index in [9.17, 15) is 4.79 Å². The van der Waals surface area contributed by atoms with Gasteiger partial charge in [0.2, 0.25) is 0 Å². The topological polar surface area (TPSA) is 26.3 Å². The highest BCUT2D eigenvalue weighted by Crippen LogP contribution is 2.37. The summed E-state index contributed by atoms with van der Waals surface area (Å²) in [6, 6.07) is 0. The third-order valence-electron chi connectivity index (χ3n) is 5.24. The number of carbonyl (C=O) groups is 1. The number of carbonyl (C=O) groups excluding carboxylic acids is 1. The number of ether oxygens (including phenoxy) is 1. The zero-order valence-electron chi connectivity index (χ0n) is 12.0. The van der Waals surface area contributed by atoms with Crippen LogP contribution in [0.4, 0.5) is 0 Å². The van der Waals surface area contributed by atoms with Crippen molar-refractivity contribution in [1.29, 1.82) is 0 Å². The Labute approximate surface area is 111 Å². The SMILES string of the molecule is COC1(C(=O)CCC2CCCC2)CCC(C)CC1. The summed E-state index contributed by atoms with van der Waals surface area (Å²) in [4.78, 5) is 12.5. The van der Waals surface area contributed by atoms with Crippen molar-refractivity contribution >= 4 is 5.78 Å². The van der Waals surface area contributed by atoms with Gasteiger partial charge in [-0.3, -0.25) is 4.79 Å². The van der Waals surface area contributed by atoms with Crippen LogP contribution in [0, 0.1) is 11.8 Å². The molecule has 0 heterocycles. The summed E-state index contributed by atoms with van der Waals surface area (Å²) in [5, 5.41) is 0. The molecule has 0 atom stereocenters. The lowest BCUT2D eigenvalue weighted by Crippen LogP contribution is -2.43. The molecule has 0 unspecified atom stereocenters. The third-order valence-corrected chi connectivity index (χ3v) is 5.24. The fourth-order valence-corrected chi connectivity index (χ4v) is 3.69. The molecule has 0 amide bonds. The van der Waals surface area contributed by atoms with Gasteiger partial charge in [-0.2, -0.15) is 0 Å². The second-order valence-electron chi connectivity index (χ2n) is 6.49. The van der Waals surface area contributed by atoms with Gasteiger partial charge < -0.3 is 4.74 Å². The maximum atomic E-state index is 12.5. The van der Waals surface area contributed by atoms with E-state index in [0.717, 1.165) is 50.4 Å². The highest BCUT2D eigenvalue weighted by molar-refractivity contribution is 5.87. The monoisotopic (exact) mass is 252 g/mol. The maximum absolute atomic E-state index is 12.5. The molecule has 2 aliphatic carbocycles. The first-order valence-corrected chi connectivity index (χ1v) is 7.75. The molecule has 0 aromatic rings. The van der Waals surface area contributed by atoms with Crippen LogP contribution in [0.25, 0.3) is 0 Å². The Balaban J connectivity index is 1.84. The Morgan fingerprint density at radius 2 is 1.78 bits per heavy atom. The van der Waals surface area contributed by atoms with Crippen molar-refractivity contribution in [2.24, 2.45) is 11.8 Å². The van der Waals surface area contributed by atoms with Crippen LogP contribution in [0.15, 0.2) is 0 Å². The molecule has 0 radical (unpaired) electrons. The van der Waals surface area contributed by atoms with Crippen molar-refractivity contribution in [2.75, 3.05) is 7.11 Å².